The molecule has 0 aliphatic carbocycles. The van der Waals surface area contributed by atoms with Crippen molar-refractivity contribution in [3.63, 3.8) is 0 Å². The molecule has 0 bridgehead atoms. The normalized spacial score (nSPS) is 10.8. The summed E-state index contributed by atoms with van der Waals surface area (Å²) < 4.78 is 37.0. The predicted molar refractivity (Wildman–Crippen MR) is 93.2 cm³/mol. The summed E-state index contributed by atoms with van der Waals surface area (Å²) in [6, 6.07) is 6.15. The Hall–Kier alpha value is -2.60. The number of carbonyl (C=O) groups excluding carboxylic acids is 1. The Labute approximate surface area is 149 Å². The molecule has 2 rings (SSSR count). The van der Waals surface area contributed by atoms with Gasteiger partial charge in [0.25, 0.3) is 0 Å². The van der Waals surface area contributed by atoms with Crippen molar-refractivity contribution in [1.82, 2.24) is 0 Å². The van der Waals surface area contributed by atoms with Gasteiger partial charge in [-0.3, -0.25) is 4.79 Å². The van der Waals surface area contributed by atoms with E-state index in [0.29, 0.717) is 34.8 Å². The van der Waals surface area contributed by atoms with E-state index in [0.717, 1.165) is 12.1 Å². The molecule has 2 aromatic carbocycles. The Balaban J connectivity index is 2.15. The summed E-state index contributed by atoms with van der Waals surface area (Å²) in [5.74, 6) is -1.30. The number of amides is 1. The van der Waals surface area contributed by atoms with E-state index in [9.17, 15) is 13.6 Å². The summed E-state index contributed by atoms with van der Waals surface area (Å²) in [7, 11) is 1.48. The van der Waals surface area contributed by atoms with Crippen LogP contribution in [-0.4, -0.2) is 19.6 Å². The largest absolute Gasteiger partial charge is 0.493 e. The summed E-state index contributed by atoms with van der Waals surface area (Å²) in [5.41, 5.74) is 0.485. The molecule has 0 aliphatic rings. The van der Waals surface area contributed by atoms with Crippen molar-refractivity contribution < 1.29 is 23.0 Å². The lowest BCUT2D eigenvalue weighted by Gasteiger charge is -2.11. The zero-order chi connectivity index (χ0) is 18.4. The van der Waals surface area contributed by atoms with E-state index < -0.39 is 17.5 Å². The number of ether oxygens (including phenoxy) is 2. The van der Waals surface area contributed by atoms with E-state index in [2.05, 4.69) is 5.32 Å². The highest BCUT2D eigenvalue weighted by Gasteiger charge is 2.11. The highest BCUT2D eigenvalue weighted by molar-refractivity contribution is 6.32. The van der Waals surface area contributed by atoms with Crippen LogP contribution in [0.4, 0.5) is 14.5 Å². The highest BCUT2D eigenvalue weighted by atomic mass is 35.5. The maximum absolute atomic E-state index is 13.5. The van der Waals surface area contributed by atoms with E-state index in [4.69, 9.17) is 21.1 Å². The minimum atomic E-state index is -0.854. The van der Waals surface area contributed by atoms with E-state index in [1.165, 1.54) is 19.3 Å². The molecule has 0 aliphatic heterocycles. The second-order valence-electron chi connectivity index (χ2n) is 4.91. The lowest BCUT2D eigenvalue weighted by molar-refractivity contribution is -0.111. The average Bonchev–Trinajstić information content (AvgIpc) is 2.57. The number of halogens is 3. The molecular formula is C18H16ClF2NO3. The number of anilines is 1. The Bertz CT molecular complexity index is 809. The summed E-state index contributed by atoms with van der Waals surface area (Å²) in [6.45, 7) is 2.25. The van der Waals surface area contributed by atoms with Gasteiger partial charge in [0.2, 0.25) is 5.91 Å². The Morgan fingerprint density at radius 2 is 2.04 bits per heavy atom. The van der Waals surface area contributed by atoms with E-state index in [1.807, 2.05) is 6.92 Å². The molecule has 0 heterocycles. The van der Waals surface area contributed by atoms with E-state index in [-0.39, 0.29) is 5.69 Å². The number of carbonyl (C=O) groups is 1. The molecule has 2 aromatic rings. The zero-order valence-electron chi connectivity index (χ0n) is 13.6. The zero-order valence-corrected chi connectivity index (χ0v) is 14.4. The molecule has 0 saturated heterocycles. The number of hydrogen-bond donors (Lipinski definition) is 1. The minimum Gasteiger partial charge on any atom is -0.493 e. The van der Waals surface area contributed by atoms with Gasteiger partial charge in [0.15, 0.2) is 11.5 Å². The Morgan fingerprint density at radius 3 is 2.68 bits per heavy atom. The number of hydrogen-bond acceptors (Lipinski definition) is 3. The smallest absolute Gasteiger partial charge is 0.248 e. The van der Waals surface area contributed by atoms with Gasteiger partial charge < -0.3 is 14.8 Å². The van der Waals surface area contributed by atoms with Gasteiger partial charge >= 0.3 is 0 Å². The van der Waals surface area contributed by atoms with Gasteiger partial charge in [-0.25, -0.2) is 8.78 Å². The second-order valence-corrected chi connectivity index (χ2v) is 5.32. The van der Waals surface area contributed by atoms with Crippen LogP contribution in [0.25, 0.3) is 6.08 Å². The van der Waals surface area contributed by atoms with Crippen molar-refractivity contribution >= 4 is 29.3 Å². The summed E-state index contributed by atoms with van der Waals surface area (Å²) in [4.78, 5) is 11.9. The molecule has 0 atom stereocenters. The quantitative estimate of drug-likeness (QED) is 0.754. The van der Waals surface area contributed by atoms with Crippen molar-refractivity contribution in [2.45, 2.75) is 6.92 Å². The van der Waals surface area contributed by atoms with Crippen molar-refractivity contribution in [3.05, 3.63) is 58.6 Å². The summed E-state index contributed by atoms with van der Waals surface area (Å²) in [5, 5.41) is 2.66. The van der Waals surface area contributed by atoms with Crippen LogP contribution in [-0.2, 0) is 4.79 Å². The predicted octanol–water partition coefficient (Wildman–Crippen LogP) is 4.68. The second kappa shape index (κ2) is 8.48. The monoisotopic (exact) mass is 367 g/mol. The van der Waals surface area contributed by atoms with Crippen molar-refractivity contribution in [2.24, 2.45) is 0 Å². The molecule has 1 N–H and O–H groups in total. The maximum Gasteiger partial charge on any atom is 0.248 e. The number of methoxy groups -OCH3 is 1. The van der Waals surface area contributed by atoms with Gasteiger partial charge in [-0.1, -0.05) is 11.6 Å². The molecule has 0 saturated carbocycles. The summed E-state index contributed by atoms with van der Waals surface area (Å²) in [6.07, 6.45) is 2.69. The Kier molecular flexibility index (Phi) is 6.36. The van der Waals surface area contributed by atoms with Gasteiger partial charge in [-0.2, -0.15) is 0 Å². The lowest BCUT2D eigenvalue weighted by Crippen LogP contribution is -2.09. The summed E-state index contributed by atoms with van der Waals surface area (Å²) >= 11 is 6.15. The molecule has 7 heteroatoms. The van der Waals surface area contributed by atoms with Crippen LogP contribution in [0.1, 0.15) is 12.5 Å². The molecular weight excluding hydrogens is 352 g/mol. The first-order valence-electron chi connectivity index (χ1n) is 7.39. The molecule has 0 spiro atoms. The number of benzene rings is 2. The maximum atomic E-state index is 13.5. The van der Waals surface area contributed by atoms with Crippen molar-refractivity contribution in [1.29, 1.82) is 0 Å². The molecule has 0 unspecified atom stereocenters. The van der Waals surface area contributed by atoms with Crippen LogP contribution in [0.5, 0.6) is 11.5 Å². The first-order chi connectivity index (χ1) is 11.9. The minimum absolute atomic E-state index is 0.113. The molecule has 0 radical (unpaired) electrons. The lowest BCUT2D eigenvalue weighted by atomic mass is 10.2. The van der Waals surface area contributed by atoms with Gasteiger partial charge in [0.05, 0.1) is 24.4 Å². The van der Waals surface area contributed by atoms with Crippen LogP contribution in [0.3, 0.4) is 0 Å². The van der Waals surface area contributed by atoms with Crippen LogP contribution in [0, 0.1) is 11.6 Å². The molecule has 1 amide bonds. The highest BCUT2D eigenvalue weighted by Crippen LogP contribution is 2.36. The van der Waals surface area contributed by atoms with Gasteiger partial charge in [0.1, 0.15) is 11.6 Å². The SMILES string of the molecule is CCOc1c(Cl)cc(/C=C/C(=O)Nc2ccc(F)cc2F)cc1OC. The average molecular weight is 368 g/mol. The standard InChI is InChI=1S/C18H16ClF2NO3/c1-3-25-18-13(19)8-11(9-16(18)24-2)4-7-17(23)22-15-6-5-12(20)10-14(15)21/h4-10H,3H2,1-2H3,(H,22,23)/b7-4+. The van der Waals surface area contributed by atoms with Gasteiger partial charge in [-0.15, -0.1) is 0 Å². The third-order valence-electron chi connectivity index (χ3n) is 3.16. The molecule has 4 nitrogen and oxygen atoms in total. The van der Waals surface area contributed by atoms with Crippen LogP contribution in [0.15, 0.2) is 36.4 Å². The van der Waals surface area contributed by atoms with Gasteiger partial charge in [0, 0.05) is 12.1 Å². The third-order valence-corrected chi connectivity index (χ3v) is 3.44. The fraction of sp³-hybridized carbons (Fsp3) is 0.167. The van der Waals surface area contributed by atoms with Crippen LogP contribution < -0.4 is 14.8 Å². The van der Waals surface area contributed by atoms with Crippen molar-refractivity contribution in [3.8, 4) is 11.5 Å². The number of nitrogens with one attached hydrogen (secondary N) is 1. The molecule has 0 aromatic heterocycles. The first-order valence-corrected chi connectivity index (χ1v) is 7.76. The topological polar surface area (TPSA) is 47.6 Å². The third kappa shape index (κ3) is 4.93. The number of rotatable bonds is 6. The fourth-order valence-corrected chi connectivity index (χ4v) is 2.33. The first kappa shape index (κ1) is 18.7. The van der Waals surface area contributed by atoms with Crippen molar-refractivity contribution in [2.75, 3.05) is 19.0 Å². The van der Waals surface area contributed by atoms with Crippen LogP contribution in [0.2, 0.25) is 5.02 Å². The molecule has 0 fully saturated rings. The molecule has 25 heavy (non-hydrogen) atoms. The molecule has 132 valence electrons. The van der Waals surface area contributed by atoms with Gasteiger partial charge in [-0.05, 0) is 42.8 Å². The fourth-order valence-electron chi connectivity index (χ4n) is 2.06. The van der Waals surface area contributed by atoms with Crippen LogP contribution >= 0.6 is 11.6 Å². The Morgan fingerprint density at radius 1 is 1.28 bits per heavy atom. The van der Waals surface area contributed by atoms with E-state index in [1.54, 1.807) is 12.1 Å². The van der Waals surface area contributed by atoms with E-state index >= 15 is 0 Å².